The van der Waals surface area contributed by atoms with Crippen LogP contribution in [0.2, 0.25) is 0 Å². The average Bonchev–Trinajstić information content (AvgIpc) is 2.78. The van der Waals surface area contributed by atoms with Gasteiger partial charge in [0.05, 0.1) is 0 Å². The molecule has 0 saturated carbocycles. The highest BCUT2D eigenvalue weighted by atomic mass is 32.1. The minimum Gasteiger partial charge on any atom is -0.444 e. The van der Waals surface area contributed by atoms with Crippen LogP contribution in [0.25, 0.3) is 0 Å². The minimum atomic E-state index is -0.455. The summed E-state index contributed by atoms with van der Waals surface area (Å²) in [5.41, 5.74) is -0.455. The van der Waals surface area contributed by atoms with Crippen LogP contribution in [-0.2, 0) is 11.3 Å². The van der Waals surface area contributed by atoms with Crippen LogP contribution in [0.4, 0.5) is 4.79 Å². The van der Waals surface area contributed by atoms with Crippen LogP contribution in [0.15, 0.2) is 23.7 Å². The lowest BCUT2D eigenvalue weighted by Crippen LogP contribution is -2.32. The third-order valence-electron chi connectivity index (χ3n) is 1.95. The molecule has 2 N–H and O–H groups in total. The van der Waals surface area contributed by atoms with Gasteiger partial charge in [-0.25, -0.2) is 9.78 Å². The van der Waals surface area contributed by atoms with Gasteiger partial charge in [0.15, 0.2) is 0 Å². The molecule has 1 amide bonds. The fourth-order valence-electron chi connectivity index (χ4n) is 1.23. The number of rotatable bonds is 6. The van der Waals surface area contributed by atoms with E-state index in [4.69, 9.17) is 4.74 Å². The molecule has 0 radical (unpaired) electrons. The first kappa shape index (κ1) is 15.7. The zero-order valence-electron chi connectivity index (χ0n) is 11.6. The van der Waals surface area contributed by atoms with E-state index in [1.165, 1.54) is 0 Å². The molecule has 5 nitrogen and oxygen atoms in total. The highest BCUT2D eigenvalue weighted by molar-refractivity contribution is 7.09. The highest BCUT2D eigenvalue weighted by Crippen LogP contribution is 2.06. The maximum absolute atomic E-state index is 11.3. The quantitative estimate of drug-likeness (QED) is 0.621. The molecule has 0 aliphatic carbocycles. The van der Waals surface area contributed by atoms with Gasteiger partial charge in [-0.1, -0.05) is 12.2 Å². The van der Waals surface area contributed by atoms with E-state index in [1.54, 1.807) is 17.5 Å². The van der Waals surface area contributed by atoms with Gasteiger partial charge in [0.2, 0.25) is 0 Å². The second-order valence-corrected chi connectivity index (χ2v) is 5.89. The molecule has 0 aromatic carbocycles. The number of carbonyl (C=O) groups is 1. The van der Waals surface area contributed by atoms with Crippen molar-refractivity contribution in [2.45, 2.75) is 32.9 Å². The van der Waals surface area contributed by atoms with Gasteiger partial charge in [0, 0.05) is 31.2 Å². The van der Waals surface area contributed by atoms with E-state index in [9.17, 15) is 4.79 Å². The van der Waals surface area contributed by atoms with Gasteiger partial charge in [-0.15, -0.1) is 11.3 Å². The van der Waals surface area contributed by atoms with Crippen LogP contribution in [0.5, 0.6) is 0 Å². The fraction of sp³-hybridized carbons (Fsp3) is 0.538. The molecule has 0 aliphatic rings. The number of thiazole rings is 1. The lowest BCUT2D eigenvalue weighted by Gasteiger charge is -2.19. The first-order valence-corrected chi connectivity index (χ1v) is 7.06. The van der Waals surface area contributed by atoms with Crippen LogP contribution >= 0.6 is 11.3 Å². The van der Waals surface area contributed by atoms with E-state index in [0.29, 0.717) is 6.54 Å². The van der Waals surface area contributed by atoms with Crippen molar-refractivity contribution in [2.75, 3.05) is 13.1 Å². The van der Waals surface area contributed by atoms with Gasteiger partial charge in [-0.2, -0.15) is 0 Å². The van der Waals surface area contributed by atoms with Crippen LogP contribution in [-0.4, -0.2) is 29.8 Å². The summed E-state index contributed by atoms with van der Waals surface area (Å²) in [5, 5.41) is 8.91. The number of hydrogen-bond donors (Lipinski definition) is 2. The molecular weight excluding hydrogens is 262 g/mol. The average molecular weight is 283 g/mol. The molecule has 0 atom stereocenters. The summed E-state index contributed by atoms with van der Waals surface area (Å²) < 4.78 is 5.11. The summed E-state index contributed by atoms with van der Waals surface area (Å²) in [4.78, 5) is 15.5. The summed E-state index contributed by atoms with van der Waals surface area (Å²) in [5.74, 6) is 0. The molecule has 1 rings (SSSR count). The van der Waals surface area contributed by atoms with E-state index in [2.05, 4.69) is 15.6 Å². The van der Waals surface area contributed by atoms with E-state index in [-0.39, 0.29) is 0 Å². The molecule has 106 valence electrons. The third kappa shape index (κ3) is 8.34. The van der Waals surface area contributed by atoms with Crippen molar-refractivity contribution in [3.63, 3.8) is 0 Å². The summed E-state index contributed by atoms with van der Waals surface area (Å²) in [6.45, 7) is 7.49. The zero-order chi connectivity index (χ0) is 14.1. The summed E-state index contributed by atoms with van der Waals surface area (Å²) in [7, 11) is 0. The molecule has 19 heavy (non-hydrogen) atoms. The van der Waals surface area contributed by atoms with Gasteiger partial charge in [0.25, 0.3) is 0 Å². The van der Waals surface area contributed by atoms with Gasteiger partial charge in [-0.3, -0.25) is 0 Å². The van der Waals surface area contributed by atoms with Gasteiger partial charge in [0.1, 0.15) is 10.6 Å². The molecule has 0 saturated heterocycles. The second-order valence-electron chi connectivity index (χ2n) is 4.91. The largest absolute Gasteiger partial charge is 0.444 e. The van der Waals surface area contributed by atoms with Gasteiger partial charge in [-0.05, 0) is 20.8 Å². The monoisotopic (exact) mass is 283 g/mol. The normalized spacial score (nSPS) is 11.7. The molecule has 0 spiro atoms. The Morgan fingerprint density at radius 2 is 2.16 bits per heavy atom. The first-order chi connectivity index (χ1) is 8.97. The SMILES string of the molecule is CC(C)(C)OC(=O)NC/C=C/CNCc1nccs1. The molecular formula is C13H21N3O2S. The van der Waals surface area contributed by atoms with Crippen molar-refractivity contribution in [3.05, 3.63) is 28.7 Å². The van der Waals surface area contributed by atoms with Crippen molar-refractivity contribution in [3.8, 4) is 0 Å². The van der Waals surface area contributed by atoms with E-state index >= 15 is 0 Å². The molecule has 1 heterocycles. The van der Waals surface area contributed by atoms with Crippen LogP contribution in [0.3, 0.4) is 0 Å². The molecule has 1 aromatic heterocycles. The molecule has 6 heteroatoms. The number of amides is 1. The van der Waals surface area contributed by atoms with E-state index in [0.717, 1.165) is 18.1 Å². The number of alkyl carbamates (subject to hydrolysis) is 1. The van der Waals surface area contributed by atoms with Crippen LogP contribution < -0.4 is 10.6 Å². The number of ether oxygens (including phenoxy) is 1. The number of nitrogens with zero attached hydrogens (tertiary/aromatic N) is 1. The second kappa shape index (κ2) is 7.91. The van der Waals surface area contributed by atoms with Crippen molar-refractivity contribution in [1.82, 2.24) is 15.6 Å². The topological polar surface area (TPSA) is 63.2 Å². The Labute approximate surface area is 118 Å². The predicted molar refractivity (Wildman–Crippen MR) is 77.2 cm³/mol. The Morgan fingerprint density at radius 1 is 1.42 bits per heavy atom. The summed E-state index contributed by atoms with van der Waals surface area (Å²) in [6, 6.07) is 0. The molecule has 0 fully saturated rings. The Kier molecular flexibility index (Phi) is 6.52. The van der Waals surface area contributed by atoms with Crippen molar-refractivity contribution >= 4 is 17.4 Å². The number of nitrogens with one attached hydrogen (secondary N) is 2. The molecule has 0 bridgehead atoms. The maximum atomic E-state index is 11.3. The van der Waals surface area contributed by atoms with Gasteiger partial charge >= 0.3 is 6.09 Å². The lowest BCUT2D eigenvalue weighted by atomic mass is 10.2. The highest BCUT2D eigenvalue weighted by Gasteiger charge is 2.14. The smallest absolute Gasteiger partial charge is 0.407 e. The maximum Gasteiger partial charge on any atom is 0.407 e. The first-order valence-electron chi connectivity index (χ1n) is 6.18. The van der Waals surface area contributed by atoms with Crippen LogP contribution in [0.1, 0.15) is 25.8 Å². The molecule has 0 aliphatic heterocycles. The van der Waals surface area contributed by atoms with Crippen molar-refractivity contribution < 1.29 is 9.53 Å². The zero-order valence-corrected chi connectivity index (χ0v) is 12.4. The van der Waals surface area contributed by atoms with E-state index in [1.807, 2.05) is 38.3 Å². The Hall–Kier alpha value is -1.40. The van der Waals surface area contributed by atoms with Crippen molar-refractivity contribution in [2.24, 2.45) is 0 Å². The predicted octanol–water partition coefficient (Wildman–Crippen LogP) is 2.31. The molecule has 1 aromatic rings. The Balaban J connectivity index is 2.03. The lowest BCUT2D eigenvalue weighted by molar-refractivity contribution is 0.0534. The summed E-state index contributed by atoms with van der Waals surface area (Å²) >= 11 is 1.63. The third-order valence-corrected chi connectivity index (χ3v) is 2.73. The number of aromatic nitrogens is 1. The van der Waals surface area contributed by atoms with Crippen molar-refractivity contribution in [1.29, 1.82) is 0 Å². The summed E-state index contributed by atoms with van der Waals surface area (Å²) in [6.07, 6.45) is 5.25. The Morgan fingerprint density at radius 3 is 2.79 bits per heavy atom. The standard InChI is InChI=1S/C13H21N3O2S/c1-13(2,3)18-12(17)16-7-5-4-6-14-10-11-15-8-9-19-11/h4-5,8-9,14H,6-7,10H2,1-3H3,(H,16,17)/b5-4+. The fourth-order valence-corrected chi connectivity index (χ4v) is 1.81. The van der Waals surface area contributed by atoms with Crippen LogP contribution in [0, 0.1) is 0 Å². The number of carbonyl (C=O) groups excluding carboxylic acids is 1. The minimum absolute atomic E-state index is 0.395. The van der Waals surface area contributed by atoms with Gasteiger partial charge < -0.3 is 15.4 Å². The number of hydrogen-bond acceptors (Lipinski definition) is 5. The molecule has 0 unspecified atom stereocenters. The van der Waals surface area contributed by atoms with E-state index < -0.39 is 11.7 Å². The Bertz CT molecular complexity index is 397.